The summed E-state index contributed by atoms with van der Waals surface area (Å²) in [5.74, 6) is 1.74. The zero-order valence-electron chi connectivity index (χ0n) is 16.3. The maximum Gasteiger partial charge on any atom is 0.261 e. The Morgan fingerprint density at radius 2 is 1.64 bits per heavy atom. The van der Waals surface area contributed by atoms with Crippen LogP contribution in [0.3, 0.4) is 0 Å². The molecule has 2 amide bonds. The largest absolute Gasteiger partial charge is 0.496 e. The van der Waals surface area contributed by atoms with E-state index in [0.717, 1.165) is 0 Å². The maximum absolute atomic E-state index is 13.0. The zero-order valence-corrected chi connectivity index (χ0v) is 16.3. The van der Waals surface area contributed by atoms with Crippen molar-refractivity contribution in [2.24, 2.45) is 0 Å². The molecule has 28 heavy (non-hydrogen) atoms. The van der Waals surface area contributed by atoms with Crippen molar-refractivity contribution in [1.29, 1.82) is 0 Å². The number of benzene rings is 1. The molecule has 9 nitrogen and oxygen atoms in total. The van der Waals surface area contributed by atoms with Crippen molar-refractivity contribution in [3.63, 3.8) is 0 Å². The molecule has 0 atom stereocenters. The average Bonchev–Trinajstić information content (AvgIpc) is 3.16. The van der Waals surface area contributed by atoms with Crippen LogP contribution >= 0.6 is 0 Å². The molecule has 0 unspecified atom stereocenters. The summed E-state index contributed by atoms with van der Waals surface area (Å²) in [6, 6.07) is 5.24. The Morgan fingerprint density at radius 1 is 1.04 bits per heavy atom. The van der Waals surface area contributed by atoms with Crippen LogP contribution in [0, 0.1) is 6.92 Å². The molecule has 9 heteroatoms. The van der Waals surface area contributed by atoms with Gasteiger partial charge in [-0.2, -0.15) is 0 Å². The van der Waals surface area contributed by atoms with Gasteiger partial charge in [-0.15, -0.1) is 10.2 Å². The van der Waals surface area contributed by atoms with Gasteiger partial charge in [0.15, 0.2) is 0 Å². The number of carbonyl (C=O) groups is 2. The fourth-order valence-electron chi connectivity index (χ4n) is 3.19. The lowest BCUT2D eigenvalue weighted by Gasteiger charge is -2.35. The Morgan fingerprint density at radius 3 is 2.18 bits per heavy atom. The lowest BCUT2D eigenvalue weighted by molar-refractivity contribution is -0.132. The minimum Gasteiger partial charge on any atom is -0.496 e. The highest BCUT2D eigenvalue weighted by Crippen LogP contribution is 2.29. The van der Waals surface area contributed by atoms with Gasteiger partial charge in [0.25, 0.3) is 5.91 Å². The van der Waals surface area contributed by atoms with Crippen LogP contribution in [0.5, 0.6) is 11.5 Å². The van der Waals surface area contributed by atoms with Crippen LogP contribution in [0.25, 0.3) is 0 Å². The van der Waals surface area contributed by atoms with Gasteiger partial charge >= 0.3 is 0 Å². The summed E-state index contributed by atoms with van der Waals surface area (Å²) in [7, 11) is 3.04. The minimum atomic E-state index is -0.164. The minimum absolute atomic E-state index is 0.0119. The van der Waals surface area contributed by atoms with E-state index in [4.69, 9.17) is 13.9 Å². The molecule has 1 aliphatic rings. The SMILES string of the molecule is COc1cccc(OC)c1C(=O)N1CCN(C(=O)CCc2nnc(C)o2)CC1. The number of piperazine rings is 1. The number of hydrogen-bond donors (Lipinski definition) is 0. The van der Waals surface area contributed by atoms with Crippen LogP contribution in [0.4, 0.5) is 0 Å². The topological polar surface area (TPSA) is 98.0 Å². The number of aryl methyl sites for hydroxylation is 2. The first-order valence-electron chi connectivity index (χ1n) is 9.10. The van der Waals surface area contributed by atoms with Crippen LogP contribution in [-0.4, -0.2) is 72.2 Å². The van der Waals surface area contributed by atoms with E-state index in [1.54, 1.807) is 34.9 Å². The monoisotopic (exact) mass is 388 g/mol. The Kier molecular flexibility index (Phi) is 6.13. The second kappa shape index (κ2) is 8.73. The lowest BCUT2D eigenvalue weighted by atomic mass is 10.1. The summed E-state index contributed by atoms with van der Waals surface area (Å²) in [5.41, 5.74) is 0.402. The van der Waals surface area contributed by atoms with Gasteiger partial charge in [-0.3, -0.25) is 9.59 Å². The van der Waals surface area contributed by atoms with Gasteiger partial charge in [0.1, 0.15) is 17.1 Å². The smallest absolute Gasteiger partial charge is 0.261 e. The van der Waals surface area contributed by atoms with Gasteiger partial charge in [-0.1, -0.05) is 6.07 Å². The molecular formula is C19H24N4O5. The van der Waals surface area contributed by atoms with Gasteiger partial charge in [0, 0.05) is 45.9 Å². The van der Waals surface area contributed by atoms with Crippen molar-refractivity contribution >= 4 is 11.8 Å². The van der Waals surface area contributed by atoms with Crippen LogP contribution in [0.15, 0.2) is 22.6 Å². The molecule has 0 spiro atoms. The Labute approximate surface area is 163 Å². The number of hydrogen-bond acceptors (Lipinski definition) is 7. The Bertz CT molecular complexity index is 820. The van der Waals surface area contributed by atoms with Gasteiger partial charge < -0.3 is 23.7 Å². The van der Waals surface area contributed by atoms with E-state index in [-0.39, 0.29) is 11.8 Å². The van der Waals surface area contributed by atoms with Gasteiger partial charge in [0.05, 0.1) is 14.2 Å². The van der Waals surface area contributed by atoms with E-state index in [9.17, 15) is 9.59 Å². The van der Waals surface area contributed by atoms with Crippen LogP contribution in [0.2, 0.25) is 0 Å². The van der Waals surface area contributed by atoms with E-state index < -0.39 is 0 Å². The number of amides is 2. The van der Waals surface area contributed by atoms with Crippen molar-refractivity contribution in [3.8, 4) is 11.5 Å². The quantitative estimate of drug-likeness (QED) is 0.736. The molecule has 0 bridgehead atoms. The molecule has 1 aliphatic heterocycles. The van der Waals surface area contributed by atoms with Crippen LogP contribution in [0.1, 0.15) is 28.6 Å². The van der Waals surface area contributed by atoms with E-state index in [0.29, 0.717) is 67.9 Å². The third kappa shape index (κ3) is 4.24. The number of ether oxygens (including phenoxy) is 2. The fraction of sp³-hybridized carbons (Fsp3) is 0.474. The van der Waals surface area contributed by atoms with E-state index in [1.807, 2.05) is 0 Å². The molecule has 1 saturated heterocycles. The number of aromatic nitrogens is 2. The highest BCUT2D eigenvalue weighted by molar-refractivity contribution is 5.99. The van der Waals surface area contributed by atoms with Crippen molar-refractivity contribution in [1.82, 2.24) is 20.0 Å². The van der Waals surface area contributed by atoms with E-state index in [2.05, 4.69) is 10.2 Å². The molecule has 1 fully saturated rings. The number of methoxy groups -OCH3 is 2. The second-order valence-corrected chi connectivity index (χ2v) is 6.43. The second-order valence-electron chi connectivity index (χ2n) is 6.43. The van der Waals surface area contributed by atoms with Crippen LogP contribution < -0.4 is 9.47 Å². The average molecular weight is 388 g/mol. The third-order valence-corrected chi connectivity index (χ3v) is 4.68. The third-order valence-electron chi connectivity index (χ3n) is 4.68. The Hall–Kier alpha value is -3.10. The molecule has 0 N–H and O–H groups in total. The molecule has 2 heterocycles. The van der Waals surface area contributed by atoms with Gasteiger partial charge in [0.2, 0.25) is 17.7 Å². The summed E-state index contributed by atoms with van der Waals surface area (Å²) in [6.07, 6.45) is 0.715. The maximum atomic E-state index is 13.0. The first-order chi connectivity index (χ1) is 13.5. The summed E-state index contributed by atoms with van der Waals surface area (Å²) >= 11 is 0. The molecule has 1 aromatic heterocycles. The summed E-state index contributed by atoms with van der Waals surface area (Å²) in [6.45, 7) is 3.57. The molecule has 3 rings (SSSR count). The van der Waals surface area contributed by atoms with Crippen molar-refractivity contribution in [2.75, 3.05) is 40.4 Å². The molecular weight excluding hydrogens is 364 g/mol. The normalized spacial score (nSPS) is 14.1. The van der Waals surface area contributed by atoms with Gasteiger partial charge in [-0.05, 0) is 12.1 Å². The highest BCUT2D eigenvalue weighted by Gasteiger charge is 2.28. The highest BCUT2D eigenvalue weighted by atomic mass is 16.5. The van der Waals surface area contributed by atoms with Crippen molar-refractivity contribution < 1.29 is 23.5 Å². The lowest BCUT2D eigenvalue weighted by Crippen LogP contribution is -2.50. The number of rotatable bonds is 6. The standard InChI is InChI=1S/C19H24N4O5/c1-13-20-21-16(28-13)7-8-17(24)22-9-11-23(12-10-22)19(25)18-14(26-2)5-4-6-15(18)27-3/h4-6H,7-12H2,1-3H3. The predicted molar refractivity (Wildman–Crippen MR) is 99.4 cm³/mol. The molecule has 2 aromatic rings. The predicted octanol–water partition coefficient (Wildman–Crippen LogP) is 1.31. The van der Waals surface area contributed by atoms with Crippen molar-refractivity contribution in [2.45, 2.75) is 19.8 Å². The molecule has 0 saturated carbocycles. The summed E-state index contributed by atoms with van der Waals surface area (Å²) in [4.78, 5) is 28.9. The Balaban J connectivity index is 1.58. The first kappa shape index (κ1) is 19.7. The first-order valence-corrected chi connectivity index (χ1v) is 9.10. The molecule has 150 valence electrons. The fourth-order valence-corrected chi connectivity index (χ4v) is 3.19. The number of carbonyl (C=O) groups excluding carboxylic acids is 2. The molecule has 0 aliphatic carbocycles. The zero-order chi connectivity index (χ0) is 20.1. The van der Waals surface area contributed by atoms with E-state index >= 15 is 0 Å². The van der Waals surface area contributed by atoms with E-state index in [1.165, 1.54) is 14.2 Å². The summed E-state index contributed by atoms with van der Waals surface area (Å²) in [5, 5.41) is 7.66. The molecule has 1 aromatic carbocycles. The van der Waals surface area contributed by atoms with Crippen molar-refractivity contribution in [3.05, 3.63) is 35.5 Å². The number of nitrogens with zero attached hydrogens (tertiary/aromatic N) is 4. The molecule has 0 radical (unpaired) electrons. The van der Waals surface area contributed by atoms with Crippen LogP contribution in [-0.2, 0) is 11.2 Å². The summed E-state index contributed by atoms with van der Waals surface area (Å²) < 4.78 is 15.9. The van der Waals surface area contributed by atoms with Gasteiger partial charge in [-0.25, -0.2) is 0 Å².